The summed E-state index contributed by atoms with van der Waals surface area (Å²) in [5.74, 6) is 0.265. The summed E-state index contributed by atoms with van der Waals surface area (Å²) in [6.07, 6.45) is 1.46. The maximum Gasteiger partial charge on any atom is 0.160 e. The molecule has 12 heavy (non-hydrogen) atoms. The predicted octanol–water partition coefficient (Wildman–Crippen LogP) is 0.576. The Bertz CT molecular complexity index is 322. The second-order valence-electron chi connectivity index (χ2n) is 2.94. The Morgan fingerprint density at radius 3 is 2.75 bits per heavy atom. The van der Waals surface area contributed by atoms with Crippen LogP contribution in [0.25, 0.3) is 0 Å². The van der Waals surface area contributed by atoms with E-state index in [0.717, 1.165) is 0 Å². The Balaban J connectivity index is 3.13. The summed E-state index contributed by atoms with van der Waals surface area (Å²) in [5.41, 5.74) is -0.825. The first kappa shape index (κ1) is 8.62. The normalized spacial score (nSPS) is 10.8. The molecule has 0 aromatic carbocycles. The lowest BCUT2D eigenvalue weighted by Crippen LogP contribution is -2.19. The minimum absolute atomic E-state index is 0.265. The van der Waals surface area contributed by atoms with Gasteiger partial charge in [-0.1, -0.05) is 0 Å². The summed E-state index contributed by atoms with van der Waals surface area (Å²) in [5, 5.41) is 18.0. The van der Waals surface area contributed by atoms with E-state index in [1.807, 2.05) is 6.07 Å². The molecule has 0 saturated carbocycles. The van der Waals surface area contributed by atoms with Crippen LogP contribution < -0.4 is 0 Å². The van der Waals surface area contributed by atoms with Gasteiger partial charge in [-0.05, 0) is 19.9 Å². The van der Waals surface area contributed by atoms with Crippen molar-refractivity contribution in [2.24, 2.45) is 0 Å². The molecular weight excluding hydrogens is 154 g/mol. The van der Waals surface area contributed by atoms with Gasteiger partial charge in [0.25, 0.3) is 0 Å². The second-order valence-corrected chi connectivity index (χ2v) is 2.94. The quantitative estimate of drug-likeness (QED) is 0.657. The molecule has 0 spiro atoms. The SMILES string of the molecule is CC(C)(O)c1nccc(C#N)n1. The molecule has 1 aromatic heterocycles. The lowest BCUT2D eigenvalue weighted by Gasteiger charge is -2.14. The van der Waals surface area contributed by atoms with Crippen molar-refractivity contribution in [2.75, 3.05) is 0 Å². The van der Waals surface area contributed by atoms with Gasteiger partial charge in [0.1, 0.15) is 17.4 Å². The summed E-state index contributed by atoms with van der Waals surface area (Å²) in [6, 6.07) is 3.37. The van der Waals surface area contributed by atoms with E-state index in [1.54, 1.807) is 13.8 Å². The fourth-order valence-corrected chi connectivity index (χ4v) is 0.716. The molecule has 0 unspecified atom stereocenters. The molecule has 0 saturated heterocycles. The van der Waals surface area contributed by atoms with E-state index >= 15 is 0 Å². The number of aromatic nitrogens is 2. The number of rotatable bonds is 1. The largest absolute Gasteiger partial charge is 0.382 e. The summed E-state index contributed by atoms with van der Waals surface area (Å²) < 4.78 is 0. The van der Waals surface area contributed by atoms with Gasteiger partial charge in [0.05, 0.1) is 0 Å². The van der Waals surface area contributed by atoms with Crippen LogP contribution in [0.15, 0.2) is 12.3 Å². The second kappa shape index (κ2) is 2.88. The van der Waals surface area contributed by atoms with Crippen molar-refractivity contribution in [3.63, 3.8) is 0 Å². The monoisotopic (exact) mass is 163 g/mol. The van der Waals surface area contributed by atoms with Crippen molar-refractivity contribution >= 4 is 0 Å². The highest BCUT2D eigenvalue weighted by molar-refractivity contribution is 5.19. The maximum absolute atomic E-state index is 9.47. The van der Waals surface area contributed by atoms with Gasteiger partial charge < -0.3 is 5.11 Å². The highest BCUT2D eigenvalue weighted by atomic mass is 16.3. The lowest BCUT2D eigenvalue weighted by molar-refractivity contribution is 0.0686. The molecule has 0 amide bonds. The Labute approximate surface area is 70.5 Å². The van der Waals surface area contributed by atoms with E-state index in [9.17, 15) is 5.11 Å². The highest BCUT2D eigenvalue weighted by Gasteiger charge is 2.19. The van der Waals surface area contributed by atoms with E-state index in [2.05, 4.69) is 9.97 Å². The number of nitrogens with zero attached hydrogens (tertiary/aromatic N) is 3. The van der Waals surface area contributed by atoms with E-state index in [-0.39, 0.29) is 11.5 Å². The third-order valence-corrected chi connectivity index (χ3v) is 1.32. The number of aliphatic hydroxyl groups is 1. The van der Waals surface area contributed by atoms with Crippen molar-refractivity contribution in [3.8, 4) is 6.07 Å². The standard InChI is InChI=1S/C8H9N3O/c1-8(2,12)7-10-4-3-6(5-9)11-7/h3-4,12H,1-2H3. The predicted molar refractivity (Wildman–Crippen MR) is 42.0 cm³/mol. The molecule has 0 atom stereocenters. The third kappa shape index (κ3) is 1.77. The van der Waals surface area contributed by atoms with Crippen LogP contribution in [-0.4, -0.2) is 15.1 Å². The van der Waals surface area contributed by atoms with E-state index in [1.165, 1.54) is 12.3 Å². The molecule has 0 aliphatic heterocycles. The molecule has 0 fully saturated rings. The minimum atomic E-state index is -1.09. The number of hydrogen-bond acceptors (Lipinski definition) is 4. The first-order valence-corrected chi connectivity index (χ1v) is 3.50. The third-order valence-electron chi connectivity index (χ3n) is 1.32. The van der Waals surface area contributed by atoms with E-state index in [0.29, 0.717) is 0 Å². The van der Waals surface area contributed by atoms with Crippen LogP contribution in [0.4, 0.5) is 0 Å². The zero-order chi connectivity index (χ0) is 9.19. The number of hydrogen-bond donors (Lipinski definition) is 1. The van der Waals surface area contributed by atoms with Gasteiger partial charge in [-0.2, -0.15) is 5.26 Å². The summed E-state index contributed by atoms with van der Waals surface area (Å²) in [6.45, 7) is 3.15. The van der Waals surface area contributed by atoms with Gasteiger partial charge >= 0.3 is 0 Å². The molecule has 0 aliphatic carbocycles. The molecule has 1 heterocycles. The molecule has 1 N–H and O–H groups in total. The Kier molecular flexibility index (Phi) is 2.07. The van der Waals surface area contributed by atoms with Gasteiger partial charge in [0.2, 0.25) is 0 Å². The molecule has 1 rings (SSSR count). The van der Waals surface area contributed by atoms with Gasteiger partial charge in [-0.3, -0.25) is 0 Å². The first-order chi connectivity index (χ1) is 5.54. The lowest BCUT2D eigenvalue weighted by atomic mass is 10.1. The fourth-order valence-electron chi connectivity index (χ4n) is 0.716. The van der Waals surface area contributed by atoms with Gasteiger partial charge in [0, 0.05) is 6.20 Å². The van der Waals surface area contributed by atoms with Crippen LogP contribution in [0.1, 0.15) is 25.4 Å². The highest BCUT2D eigenvalue weighted by Crippen LogP contribution is 2.13. The first-order valence-electron chi connectivity index (χ1n) is 3.50. The summed E-state index contributed by atoms with van der Waals surface area (Å²) in [7, 11) is 0. The zero-order valence-corrected chi connectivity index (χ0v) is 6.94. The molecular formula is C8H9N3O. The van der Waals surface area contributed by atoms with Gasteiger partial charge in [0.15, 0.2) is 5.82 Å². The van der Waals surface area contributed by atoms with Crippen LogP contribution in [0.2, 0.25) is 0 Å². The van der Waals surface area contributed by atoms with E-state index in [4.69, 9.17) is 5.26 Å². The molecule has 0 radical (unpaired) electrons. The Morgan fingerprint density at radius 1 is 1.58 bits per heavy atom. The van der Waals surface area contributed by atoms with Crippen LogP contribution in [0, 0.1) is 11.3 Å². The van der Waals surface area contributed by atoms with Crippen molar-refractivity contribution in [2.45, 2.75) is 19.4 Å². The number of nitriles is 1. The zero-order valence-electron chi connectivity index (χ0n) is 6.94. The van der Waals surface area contributed by atoms with E-state index < -0.39 is 5.60 Å². The van der Waals surface area contributed by atoms with Gasteiger partial charge in [-0.25, -0.2) is 9.97 Å². The Morgan fingerprint density at radius 2 is 2.25 bits per heavy atom. The topological polar surface area (TPSA) is 69.8 Å². The molecule has 0 aliphatic rings. The van der Waals surface area contributed by atoms with Crippen LogP contribution in [0.3, 0.4) is 0 Å². The van der Waals surface area contributed by atoms with Crippen LogP contribution >= 0.6 is 0 Å². The average Bonchev–Trinajstić information content (AvgIpc) is 2.03. The molecule has 0 bridgehead atoms. The fraction of sp³-hybridized carbons (Fsp3) is 0.375. The maximum atomic E-state index is 9.47. The average molecular weight is 163 g/mol. The van der Waals surface area contributed by atoms with Crippen molar-refractivity contribution in [1.82, 2.24) is 9.97 Å². The molecule has 62 valence electrons. The summed E-state index contributed by atoms with van der Waals surface area (Å²) in [4.78, 5) is 7.69. The minimum Gasteiger partial charge on any atom is -0.382 e. The van der Waals surface area contributed by atoms with Crippen molar-refractivity contribution < 1.29 is 5.11 Å². The van der Waals surface area contributed by atoms with Crippen molar-refractivity contribution in [1.29, 1.82) is 5.26 Å². The summed E-state index contributed by atoms with van der Waals surface area (Å²) >= 11 is 0. The van der Waals surface area contributed by atoms with Crippen molar-refractivity contribution in [3.05, 3.63) is 23.8 Å². The Hall–Kier alpha value is -1.47. The van der Waals surface area contributed by atoms with Crippen LogP contribution in [-0.2, 0) is 5.60 Å². The molecule has 4 nitrogen and oxygen atoms in total. The van der Waals surface area contributed by atoms with Gasteiger partial charge in [-0.15, -0.1) is 0 Å². The van der Waals surface area contributed by atoms with Crippen LogP contribution in [0.5, 0.6) is 0 Å². The molecule has 4 heteroatoms. The molecule has 1 aromatic rings. The smallest absolute Gasteiger partial charge is 0.160 e.